The Morgan fingerprint density at radius 2 is 1.96 bits per heavy atom. The third-order valence-electron chi connectivity index (χ3n) is 7.51. The predicted octanol–water partition coefficient (Wildman–Crippen LogP) is 2.28. The Bertz CT molecular complexity index is 969. The number of hydrogen-bond donors (Lipinski definition) is 1. The molecule has 1 aromatic carbocycles. The van der Waals surface area contributed by atoms with Crippen LogP contribution in [0.3, 0.4) is 0 Å². The molecule has 1 heterocycles. The van der Waals surface area contributed by atoms with Crippen molar-refractivity contribution in [1.82, 2.24) is 25.5 Å². The van der Waals surface area contributed by atoms with Crippen molar-refractivity contribution < 1.29 is 9.59 Å². The highest BCUT2D eigenvalue weighted by atomic mass is 16.2. The minimum Gasteiger partial charge on any atom is -0.346 e. The van der Waals surface area contributed by atoms with Crippen LogP contribution in [0.4, 0.5) is 0 Å². The van der Waals surface area contributed by atoms with Crippen molar-refractivity contribution in [1.29, 1.82) is 0 Å². The van der Waals surface area contributed by atoms with Gasteiger partial charge in [-0.25, -0.2) is 0 Å². The number of nitrogens with one attached hydrogen (secondary N) is 1. The second-order valence-electron chi connectivity index (χ2n) is 9.40. The van der Waals surface area contributed by atoms with E-state index >= 15 is 0 Å². The molecule has 4 saturated carbocycles. The second-order valence-corrected chi connectivity index (χ2v) is 9.40. The van der Waals surface area contributed by atoms with Gasteiger partial charge < -0.3 is 5.32 Å². The van der Waals surface area contributed by atoms with Gasteiger partial charge in [-0.3, -0.25) is 9.59 Å². The number of benzene rings is 1. The number of amides is 1. The van der Waals surface area contributed by atoms with Gasteiger partial charge in [-0.1, -0.05) is 12.1 Å². The Morgan fingerprint density at radius 1 is 1.14 bits per heavy atom. The van der Waals surface area contributed by atoms with Crippen LogP contribution in [0.2, 0.25) is 0 Å². The average Bonchev–Trinajstić information content (AvgIpc) is 3.31. The molecule has 2 atom stereocenters. The molecule has 1 N–H and O–H groups in total. The summed E-state index contributed by atoms with van der Waals surface area (Å²) in [4.78, 5) is 27.2. The first kappa shape index (κ1) is 16.4. The molecule has 0 spiro atoms. The van der Waals surface area contributed by atoms with Crippen LogP contribution in [0.25, 0.3) is 0 Å². The number of fused-ring (bicyclic) bond motifs is 1. The Morgan fingerprint density at radius 3 is 2.71 bits per heavy atom. The third-order valence-corrected chi connectivity index (χ3v) is 7.51. The van der Waals surface area contributed by atoms with E-state index in [4.69, 9.17) is 0 Å². The number of rotatable bonds is 3. The van der Waals surface area contributed by atoms with Gasteiger partial charge in [0.25, 0.3) is 5.91 Å². The van der Waals surface area contributed by atoms with Gasteiger partial charge in [-0.05, 0) is 73.6 Å². The molecule has 2 aromatic rings. The summed E-state index contributed by atoms with van der Waals surface area (Å²) in [6, 6.07) is 5.54. The van der Waals surface area contributed by atoms with E-state index in [2.05, 4.69) is 20.7 Å². The van der Waals surface area contributed by atoms with E-state index in [1.807, 2.05) is 23.0 Å². The van der Waals surface area contributed by atoms with Gasteiger partial charge in [0.2, 0.25) is 0 Å². The molecule has 0 saturated heterocycles. The van der Waals surface area contributed by atoms with E-state index in [9.17, 15) is 9.59 Å². The van der Waals surface area contributed by atoms with Crippen molar-refractivity contribution in [2.75, 3.05) is 0 Å². The fourth-order valence-electron chi connectivity index (χ4n) is 6.99. The van der Waals surface area contributed by atoms with Crippen molar-refractivity contribution in [2.24, 2.45) is 11.8 Å². The smallest absolute Gasteiger partial charge is 0.252 e. The first-order valence-corrected chi connectivity index (χ1v) is 10.3. The molecule has 0 radical (unpaired) electrons. The van der Waals surface area contributed by atoms with Gasteiger partial charge in [0.1, 0.15) is 0 Å². The highest BCUT2D eigenvalue weighted by molar-refractivity contribution is 6.05. The van der Waals surface area contributed by atoms with Crippen molar-refractivity contribution in [3.8, 4) is 0 Å². The number of aromatic nitrogens is 4. The minimum absolute atomic E-state index is 0.0322. The zero-order valence-electron chi connectivity index (χ0n) is 15.7. The molecule has 5 aliphatic rings. The summed E-state index contributed by atoms with van der Waals surface area (Å²) >= 11 is 0. The minimum atomic E-state index is -0.208. The highest BCUT2D eigenvalue weighted by Crippen LogP contribution is 2.60. The Kier molecular flexibility index (Phi) is 3.21. The second kappa shape index (κ2) is 5.49. The van der Waals surface area contributed by atoms with Crippen LogP contribution in [-0.4, -0.2) is 37.4 Å². The van der Waals surface area contributed by atoms with E-state index < -0.39 is 0 Å². The van der Waals surface area contributed by atoms with Gasteiger partial charge in [0.05, 0.1) is 5.54 Å². The van der Waals surface area contributed by atoms with Crippen molar-refractivity contribution in [3.05, 3.63) is 41.2 Å². The summed E-state index contributed by atoms with van der Waals surface area (Å²) < 4.78 is 0. The fraction of sp³-hybridized carbons (Fsp3) is 0.571. The van der Waals surface area contributed by atoms with E-state index in [-0.39, 0.29) is 22.8 Å². The molecule has 7 rings (SSSR count). The summed E-state index contributed by atoms with van der Waals surface area (Å²) in [6.45, 7) is 0. The van der Waals surface area contributed by atoms with Crippen LogP contribution in [0.5, 0.6) is 0 Å². The van der Waals surface area contributed by atoms with E-state index in [0.717, 1.165) is 43.2 Å². The normalized spacial score (nSPS) is 35.2. The molecule has 1 aromatic heterocycles. The molecule has 0 aliphatic heterocycles. The summed E-state index contributed by atoms with van der Waals surface area (Å²) in [5.41, 5.74) is 1.98. The summed E-state index contributed by atoms with van der Waals surface area (Å²) in [5, 5.41) is 16.0. The van der Waals surface area contributed by atoms with Crippen LogP contribution in [0, 0.1) is 11.8 Å². The molecule has 4 fully saturated rings. The lowest BCUT2D eigenvalue weighted by Gasteiger charge is -2.61. The molecule has 1 amide bonds. The van der Waals surface area contributed by atoms with Crippen molar-refractivity contribution >= 4 is 11.7 Å². The van der Waals surface area contributed by atoms with E-state index in [1.54, 1.807) is 0 Å². The van der Waals surface area contributed by atoms with Gasteiger partial charge in [-0.15, -0.1) is 10.2 Å². The largest absolute Gasteiger partial charge is 0.346 e. The number of ketones is 1. The molecule has 7 nitrogen and oxygen atoms in total. The summed E-state index contributed by atoms with van der Waals surface area (Å²) in [5.74, 6) is 1.30. The highest BCUT2D eigenvalue weighted by Gasteiger charge is 2.60. The zero-order valence-corrected chi connectivity index (χ0v) is 15.7. The molecule has 28 heavy (non-hydrogen) atoms. The average molecular weight is 377 g/mol. The molecule has 4 bridgehead atoms. The van der Waals surface area contributed by atoms with Crippen LogP contribution >= 0.6 is 0 Å². The van der Waals surface area contributed by atoms with Crippen LogP contribution in [-0.2, 0) is 12.0 Å². The zero-order chi connectivity index (χ0) is 18.9. The van der Waals surface area contributed by atoms with Gasteiger partial charge in [0.15, 0.2) is 12.1 Å². The summed E-state index contributed by atoms with van der Waals surface area (Å²) in [6.07, 6.45) is 9.00. The number of carbonyl (C=O) groups excluding carboxylic acids is 2. The van der Waals surface area contributed by atoms with Crippen LogP contribution in [0.1, 0.15) is 71.2 Å². The Hall–Kier alpha value is -2.57. The topological polar surface area (TPSA) is 89.8 Å². The number of tetrazole rings is 1. The standard InChI is InChI=1S/C21H23N5O2/c27-18-5-4-15-16(18)2-1-3-17(15)19(28)24-20-7-13-6-14(8-20)10-21(9-13,11-20)26-23-12-22-25-26/h1-3,12-14H,4-11H2,(H,24,28). The quantitative estimate of drug-likeness (QED) is 0.886. The maximum Gasteiger partial charge on any atom is 0.252 e. The maximum absolute atomic E-state index is 13.3. The number of carbonyl (C=O) groups is 2. The molecule has 5 aliphatic carbocycles. The SMILES string of the molecule is O=C1CCc2c1cccc2C(=O)NC12CC3CC(C1)CC(n1ncnn1)(C3)C2. The third kappa shape index (κ3) is 2.25. The Labute approximate surface area is 162 Å². The van der Waals surface area contributed by atoms with Crippen LogP contribution < -0.4 is 5.32 Å². The predicted molar refractivity (Wildman–Crippen MR) is 99.8 cm³/mol. The molecule has 2 unspecified atom stereocenters. The molecule has 7 heteroatoms. The monoisotopic (exact) mass is 377 g/mol. The molecule has 144 valence electrons. The first-order valence-electron chi connectivity index (χ1n) is 10.3. The van der Waals surface area contributed by atoms with Crippen LogP contribution in [0.15, 0.2) is 24.5 Å². The molecular weight excluding hydrogens is 354 g/mol. The number of nitrogens with zero attached hydrogens (tertiary/aromatic N) is 4. The lowest BCUT2D eigenvalue weighted by atomic mass is 9.50. The van der Waals surface area contributed by atoms with Gasteiger partial charge >= 0.3 is 0 Å². The molecular formula is C21H23N5O2. The number of hydrogen-bond acceptors (Lipinski definition) is 5. The lowest BCUT2D eigenvalue weighted by Crippen LogP contribution is -2.66. The lowest BCUT2D eigenvalue weighted by molar-refractivity contribution is -0.0810. The van der Waals surface area contributed by atoms with Crippen molar-refractivity contribution in [2.45, 2.75) is 62.4 Å². The van der Waals surface area contributed by atoms with Gasteiger partial charge in [0, 0.05) is 23.1 Å². The van der Waals surface area contributed by atoms with E-state index in [0.29, 0.717) is 30.2 Å². The van der Waals surface area contributed by atoms with Gasteiger partial charge in [-0.2, -0.15) is 4.80 Å². The van der Waals surface area contributed by atoms with Crippen molar-refractivity contribution in [3.63, 3.8) is 0 Å². The number of Topliss-reactive ketones (excluding diaryl/α,β-unsaturated/α-hetero) is 1. The maximum atomic E-state index is 13.3. The summed E-state index contributed by atoms with van der Waals surface area (Å²) in [7, 11) is 0. The first-order chi connectivity index (χ1) is 13.6. The Balaban J connectivity index is 1.34. The fourth-order valence-corrected chi connectivity index (χ4v) is 6.99. The van der Waals surface area contributed by atoms with E-state index in [1.165, 1.54) is 12.7 Å².